The highest BCUT2D eigenvalue weighted by Crippen LogP contribution is 2.14. The molecule has 0 aliphatic carbocycles. The lowest BCUT2D eigenvalue weighted by molar-refractivity contribution is 0.225. The van der Waals surface area contributed by atoms with Gasteiger partial charge in [0, 0.05) is 31.5 Å². The molecule has 0 unspecified atom stereocenters. The van der Waals surface area contributed by atoms with E-state index in [1.54, 1.807) is 12.4 Å². The van der Waals surface area contributed by atoms with Crippen LogP contribution in [0, 0.1) is 0 Å². The summed E-state index contributed by atoms with van der Waals surface area (Å²) in [7, 11) is -3.13. The number of nitrogens with zero attached hydrogens (tertiary/aromatic N) is 2. The zero-order valence-corrected chi connectivity index (χ0v) is 13.6. The van der Waals surface area contributed by atoms with E-state index in [-0.39, 0.29) is 18.1 Å². The van der Waals surface area contributed by atoms with Crippen LogP contribution in [-0.4, -0.2) is 49.1 Å². The third kappa shape index (κ3) is 4.67. The van der Waals surface area contributed by atoms with Crippen LogP contribution in [0.25, 0.3) is 0 Å². The molecule has 0 saturated carbocycles. The molecular formula is C14H22N4O3S. The van der Waals surface area contributed by atoms with E-state index in [1.807, 2.05) is 19.1 Å². The quantitative estimate of drug-likeness (QED) is 0.859. The molecule has 0 aromatic carbocycles. The maximum Gasteiger partial charge on any atom is 0.315 e. The highest BCUT2D eigenvalue weighted by atomic mass is 32.2. The van der Waals surface area contributed by atoms with Crippen molar-refractivity contribution in [1.29, 1.82) is 0 Å². The van der Waals surface area contributed by atoms with Crippen LogP contribution in [0.2, 0.25) is 0 Å². The molecule has 2 heterocycles. The van der Waals surface area contributed by atoms with E-state index in [0.29, 0.717) is 25.9 Å². The summed E-state index contributed by atoms with van der Waals surface area (Å²) in [6.07, 6.45) is 5.87. The van der Waals surface area contributed by atoms with Crippen molar-refractivity contribution in [2.45, 2.75) is 31.8 Å². The first-order valence-corrected chi connectivity index (χ1v) is 9.13. The van der Waals surface area contributed by atoms with Crippen LogP contribution < -0.4 is 10.6 Å². The fourth-order valence-electron chi connectivity index (χ4n) is 2.47. The number of sulfonamides is 1. The third-order valence-electron chi connectivity index (χ3n) is 3.79. The van der Waals surface area contributed by atoms with Crippen LogP contribution in [0.5, 0.6) is 0 Å². The Hall–Kier alpha value is -1.67. The van der Waals surface area contributed by atoms with Gasteiger partial charge in [-0.25, -0.2) is 17.5 Å². The van der Waals surface area contributed by atoms with Gasteiger partial charge in [0.05, 0.1) is 12.3 Å². The standard InChI is InChI=1S/C14H22N4O3S/c1-11(12-4-3-7-15-10-12)16-14(19)17-13-5-8-18(9-6-13)22(2,20)21/h3-4,7,10-11,13H,5-6,8-9H2,1-2H3,(H2,16,17,19)/t11-/m1/s1. The van der Waals surface area contributed by atoms with Crippen molar-refractivity contribution in [3.63, 3.8) is 0 Å². The van der Waals surface area contributed by atoms with Crippen molar-refractivity contribution in [3.8, 4) is 0 Å². The van der Waals surface area contributed by atoms with Gasteiger partial charge in [-0.15, -0.1) is 0 Å². The molecule has 1 aliphatic heterocycles. The van der Waals surface area contributed by atoms with Gasteiger partial charge in [0.2, 0.25) is 10.0 Å². The molecule has 0 bridgehead atoms. The maximum atomic E-state index is 12.0. The van der Waals surface area contributed by atoms with Crippen molar-refractivity contribution in [3.05, 3.63) is 30.1 Å². The van der Waals surface area contributed by atoms with Crippen molar-refractivity contribution in [2.75, 3.05) is 19.3 Å². The van der Waals surface area contributed by atoms with E-state index in [4.69, 9.17) is 0 Å². The largest absolute Gasteiger partial charge is 0.335 e. The van der Waals surface area contributed by atoms with Crippen molar-refractivity contribution < 1.29 is 13.2 Å². The summed E-state index contributed by atoms with van der Waals surface area (Å²) in [5.41, 5.74) is 0.935. The average molecular weight is 326 g/mol. The number of pyridine rings is 1. The third-order valence-corrected chi connectivity index (χ3v) is 5.09. The van der Waals surface area contributed by atoms with E-state index < -0.39 is 10.0 Å². The van der Waals surface area contributed by atoms with Crippen LogP contribution in [0.4, 0.5) is 4.79 Å². The first kappa shape index (κ1) is 16.7. The normalized spacial score (nSPS) is 18.6. The van der Waals surface area contributed by atoms with Crippen LogP contribution in [0.15, 0.2) is 24.5 Å². The van der Waals surface area contributed by atoms with Gasteiger partial charge in [-0.05, 0) is 31.4 Å². The SMILES string of the molecule is C[C@@H](NC(=O)NC1CCN(S(C)(=O)=O)CC1)c1cccnc1. The smallest absolute Gasteiger partial charge is 0.315 e. The lowest BCUT2D eigenvalue weighted by atomic mass is 10.1. The molecule has 1 aliphatic rings. The number of hydrogen-bond donors (Lipinski definition) is 2. The van der Waals surface area contributed by atoms with Gasteiger partial charge in [0.15, 0.2) is 0 Å². The monoisotopic (exact) mass is 326 g/mol. The second-order valence-corrected chi connectivity index (χ2v) is 7.54. The van der Waals surface area contributed by atoms with Gasteiger partial charge in [0.25, 0.3) is 0 Å². The molecule has 1 saturated heterocycles. The van der Waals surface area contributed by atoms with Gasteiger partial charge in [-0.1, -0.05) is 6.07 Å². The molecule has 2 rings (SSSR count). The Morgan fingerprint density at radius 3 is 2.64 bits per heavy atom. The van der Waals surface area contributed by atoms with Crippen molar-refractivity contribution >= 4 is 16.1 Å². The molecule has 2 amide bonds. The van der Waals surface area contributed by atoms with E-state index in [9.17, 15) is 13.2 Å². The predicted octanol–water partition coefficient (Wildman–Crippen LogP) is 0.866. The van der Waals surface area contributed by atoms with E-state index >= 15 is 0 Å². The number of rotatable bonds is 4. The summed E-state index contributed by atoms with van der Waals surface area (Å²) >= 11 is 0. The van der Waals surface area contributed by atoms with Gasteiger partial charge >= 0.3 is 6.03 Å². The van der Waals surface area contributed by atoms with E-state index in [2.05, 4.69) is 15.6 Å². The fourth-order valence-corrected chi connectivity index (χ4v) is 3.35. The summed E-state index contributed by atoms with van der Waals surface area (Å²) in [5.74, 6) is 0. The van der Waals surface area contributed by atoms with Crippen LogP contribution in [-0.2, 0) is 10.0 Å². The minimum absolute atomic E-state index is 0.000835. The molecule has 0 spiro atoms. The molecule has 2 N–H and O–H groups in total. The Morgan fingerprint density at radius 2 is 2.09 bits per heavy atom. The molecule has 1 aromatic rings. The highest BCUT2D eigenvalue weighted by molar-refractivity contribution is 7.88. The van der Waals surface area contributed by atoms with Crippen LogP contribution >= 0.6 is 0 Å². The number of urea groups is 1. The summed E-state index contributed by atoms with van der Waals surface area (Å²) in [6.45, 7) is 2.78. The molecule has 1 fully saturated rings. The Bertz CT molecular complexity index is 598. The Morgan fingerprint density at radius 1 is 1.41 bits per heavy atom. The number of amides is 2. The first-order chi connectivity index (χ1) is 10.4. The molecule has 0 radical (unpaired) electrons. The molecule has 22 heavy (non-hydrogen) atoms. The number of hydrogen-bond acceptors (Lipinski definition) is 4. The molecule has 7 nitrogen and oxygen atoms in total. The predicted molar refractivity (Wildman–Crippen MR) is 83.8 cm³/mol. The lowest BCUT2D eigenvalue weighted by Crippen LogP contribution is -2.49. The van der Waals surface area contributed by atoms with Crippen molar-refractivity contribution in [2.24, 2.45) is 0 Å². The van der Waals surface area contributed by atoms with Crippen LogP contribution in [0.1, 0.15) is 31.4 Å². The van der Waals surface area contributed by atoms with Gasteiger partial charge in [-0.2, -0.15) is 0 Å². The Labute approximate surface area is 131 Å². The average Bonchev–Trinajstić information content (AvgIpc) is 2.47. The summed E-state index contributed by atoms with van der Waals surface area (Å²) < 4.78 is 24.3. The molecular weight excluding hydrogens is 304 g/mol. The zero-order valence-electron chi connectivity index (χ0n) is 12.8. The Kier molecular flexibility index (Phi) is 5.36. The molecule has 1 atom stereocenters. The number of carbonyl (C=O) groups is 1. The number of piperidine rings is 1. The zero-order chi connectivity index (χ0) is 16.2. The minimum atomic E-state index is -3.13. The van der Waals surface area contributed by atoms with Gasteiger partial charge in [0.1, 0.15) is 0 Å². The Balaban J connectivity index is 1.79. The molecule has 8 heteroatoms. The second-order valence-electron chi connectivity index (χ2n) is 5.56. The maximum absolute atomic E-state index is 12.0. The fraction of sp³-hybridized carbons (Fsp3) is 0.571. The topological polar surface area (TPSA) is 91.4 Å². The highest BCUT2D eigenvalue weighted by Gasteiger charge is 2.25. The summed E-state index contributed by atoms with van der Waals surface area (Å²) in [5, 5.41) is 5.76. The summed E-state index contributed by atoms with van der Waals surface area (Å²) in [4.78, 5) is 16.0. The van der Waals surface area contributed by atoms with Crippen LogP contribution in [0.3, 0.4) is 0 Å². The first-order valence-electron chi connectivity index (χ1n) is 7.28. The number of aromatic nitrogens is 1. The van der Waals surface area contributed by atoms with Gasteiger partial charge < -0.3 is 10.6 Å². The number of nitrogens with one attached hydrogen (secondary N) is 2. The lowest BCUT2D eigenvalue weighted by Gasteiger charge is -2.31. The van der Waals surface area contributed by atoms with Gasteiger partial charge in [-0.3, -0.25) is 4.98 Å². The minimum Gasteiger partial charge on any atom is -0.335 e. The van der Waals surface area contributed by atoms with E-state index in [1.165, 1.54) is 10.6 Å². The summed E-state index contributed by atoms with van der Waals surface area (Å²) in [6, 6.07) is 3.35. The molecule has 1 aromatic heterocycles. The van der Waals surface area contributed by atoms with Crippen molar-refractivity contribution in [1.82, 2.24) is 19.9 Å². The molecule has 122 valence electrons. The van der Waals surface area contributed by atoms with E-state index in [0.717, 1.165) is 5.56 Å². The second kappa shape index (κ2) is 7.06. The number of carbonyl (C=O) groups excluding carboxylic acids is 1.